The van der Waals surface area contributed by atoms with E-state index in [1.807, 2.05) is 12.1 Å². The Labute approximate surface area is 102 Å². The van der Waals surface area contributed by atoms with E-state index in [2.05, 4.69) is 16.7 Å². The Bertz CT molecular complexity index is 400. The molecule has 0 unspecified atom stereocenters. The van der Waals surface area contributed by atoms with Crippen molar-refractivity contribution in [2.75, 3.05) is 13.1 Å². The molecule has 0 saturated carbocycles. The van der Waals surface area contributed by atoms with Gasteiger partial charge < -0.3 is 9.52 Å². The summed E-state index contributed by atoms with van der Waals surface area (Å²) < 4.78 is 5.45. The molecule has 2 rings (SSSR count). The van der Waals surface area contributed by atoms with Crippen molar-refractivity contribution in [1.29, 1.82) is 0 Å². The first-order valence-electron chi connectivity index (χ1n) is 6.09. The van der Waals surface area contributed by atoms with Gasteiger partial charge in [0.05, 0.1) is 6.26 Å². The smallest absolute Gasteiger partial charge is 0.133 e. The molecule has 1 atom stereocenters. The fraction of sp³-hybridized carbons (Fsp3) is 0.571. The van der Waals surface area contributed by atoms with Gasteiger partial charge in [-0.2, -0.15) is 0 Å². The van der Waals surface area contributed by atoms with Gasteiger partial charge in [-0.25, -0.2) is 0 Å². The molecular formula is C14H19NO2. The van der Waals surface area contributed by atoms with Crippen molar-refractivity contribution in [3.8, 4) is 11.8 Å². The SMILES string of the molecule is CC(C)(O)C#C[C@@H](c1ccco1)N1CCCC1. The Morgan fingerprint density at radius 1 is 1.41 bits per heavy atom. The average Bonchev–Trinajstić information content (AvgIpc) is 2.86. The van der Waals surface area contributed by atoms with Crippen LogP contribution >= 0.6 is 0 Å². The highest BCUT2D eigenvalue weighted by atomic mass is 16.3. The summed E-state index contributed by atoms with van der Waals surface area (Å²) in [5.74, 6) is 6.89. The number of nitrogens with zero attached hydrogens (tertiary/aromatic N) is 1. The predicted molar refractivity (Wildman–Crippen MR) is 66.3 cm³/mol. The van der Waals surface area contributed by atoms with E-state index in [9.17, 15) is 5.11 Å². The van der Waals surface area contributed by atoms with Crippen LogP contribution in [0.5, 0.6) is 0 Å². The highest BCUT2D eigenvalue weighted by Gasteiger charge is 2.24. The van der Waals surface area contributed by atoms with Gasteiger partial charge in [-0.1, -0.05) is 11.8 Å². The summed E-state index contributed by atoms with van der Waals surface area (Å²) in [7, 11) is 0. The monoisotopic (exact) mass is 233 g/mol. The fourth-order valence-electron chi connectivity index (χ4n) is 2.03. The van der Waals surface area contributed by atoms with Gasteiger partial charge in [-0.3, -0.25) is 4.90 Å². The molecule has 1 aromatic heterocycles. The molecule has 92 valence electrons. The van der Waals surface area contributed by atoms with Gasteiger partial charge >= 0.3 is 0 Å². The first-order chi connectivity index (χ1) is 8.06. The highest BCUT2D eigenvalue weighted by Crippen LogP contribution is 2.25. The van der Waals surface area contributed by atoms with Crippen LogP contribution in [-0.4, -0.2) is 28.7 Å². The van der Waals surface area contributed by atoms with Crippen LogP contribution in [0, 0.1) is 11.8 Å². The van der Waals surface area contributed by atoms with Crippen LogP contribution in [0.3, 0.4) is 0 Å². The Morgan fingerprint density at radius 3 is 2.65 bits per heavy atom. The minimum Gasteiger partial charge on any atom is -0.467 e. The molecule has 3 nitrogen and oxygen atoms in total. The maximum atomic E-state index is 9.68. The van der Waals surface area contributed by atoms with E-state index in [1.165, 1.54) is 12.8 Å². The minimum absolute atomic E-state index is 0.0288. The van der Waals surface area contributed by atoms with Gasteiger partial charge in [0.1, 0.15) is 17.4 Å². The molecule has 2 heterocycles. The van der Waals surface area contributed by atoms with Crippen molar-refractivity contribution in [3.63, 3.8) is 0 Å². The number of aliphatic hydroxyl groups is 1. The second-order valence-electron chi connectivity index (χ2n) is 4.99. The Kier molecular flexibility index (Phi) is 3.56. The molecule has 1 fully saturated rings. The Morgan fingerprint density at radius 2 is 2.12 bits per heavy atom. The molecular weight excluding hydrogens is 214 g/mol. The molecule has 1 aliphatic heterocycles. The van der Waals surface area contributed by atoms with Crippen LogP contribution in [0.15, 0.2) is 22.8 Å². The predicted octanol–water partition coefficient (Wildman–Crippen LogP) is 2.19. The topological polar surface area (TPSA) is 36.6 Å². The molecule has 0 amide bonds. The third kappa shape index (κ3) is 3.36. The first kappa shape index (κ1) is 12.2. The van der Waals surface area contributed by atoms with Gasteiger partial charge in [0.25, 0.3) is 0 Å². The van der Waals surface area contributed by atoms with E-state index in [1.54, 1.807) is 20.1 Å². The lowest BCUT2D eigenvalue weighted by Crippen LogP contribution is -2.25. The highest BCUT2D eigenvalue weighted by molar-refractivity contribution is 5.22. The maximum Gasteiger partial charge on any atom is 0.133 e. The number of furan rings is 1. The van der Waals surface area contributed by atoms with Crippen LogP contribution < -0.4 is 0 Å². The van der Waals surface area contributed by atoms with Gasteiger partial charge in [-0.15, -0.1) is 0 Å². The summed E-state index contributed by atoms with van der Waals surface area (Å²) in [6, 6.07) is 3.80. The molecule has 0 aliphatic carbocycles. The van der Waals surface area contributed by atoms with Crippen molar-refractivity contribution in [1.82, 2.24) is 4.90 Å². The third-order valence-electron chi connectivity index (χ3n) is 2.83. The van der Waals surface area contributed by atoms with E-state index in [4.69, 9.17) is 4.42 Å². The third-order valence-corrected chi connectivity index (χ3v) is 2.83. The summed E-state index contributed by atoms with van der Waals surface area (Å²) in [4.78, 5) is 2.30. The lowest BCUT2D eigenvalue weighted by atomic mass is 10.1. The summed E-state index contributed by atoms with van der Waals surface area (Å²) in [5.41, 5.74) is -0.954. The van der Waals surface area contributed by atoms with Crippen LogP contribution in [0.1, 0.15) is 38.5 Å². The largest absolute Gasteiger partial charge is 0.467 e. The number of hydrogen-bond acceptors (Lipinski definition) is 3. The van der Waals surface area contributed by atoms with E-state index in [0.29, 0.717) is 0 Å². The number of likely N-dealkylation sites (tertiary alicyclic amines) is 1. The number of rotatable bonds is 2. The molecule has 1 aromatic rings. The van der Waals surface area contributed by atoms with Crippen LogP contribution in [-0.2, 0) is 0 Å². The zero-order valence-corrected chi connectivity index (χ0v) is 10.4. The standard InChI is InChI=1S/C14H19NO2/c1-14(2,16)8-7-12(13-6-5-11-17-13)15-9-3-4-10-15/h5-6,11-12,16H,3-4,9-10H2,1-2H3/t12-/m0/s1. The van der Waals surface area contributed by atoms with Gasteiger partial charge in [-0.05, 0) is 51.9 Å². The fourth-order valence-corrected chi connectivity index (χ4v) is 2.03. The summed E-state index contributed by atoms with van der Waals surface area (Å²) in [5, 5.41) is 9.68. The second kappa shape index (κ2) is 4.95. The van der Waals surface area contributed by atoms with Crippen LogP contribution in [0.25, 0.3) is 0 Å². The molecule has 1 saturated heterocycles. The van der Waals surface area contributed by atoms with Gasteiger partial charge in [0, 0.05) is 0 Å². The van der Waals surface area contributed by atoms with Crippen molar-refractivity contribution in [2.24, 2.45) is 0 Å². The Hall–Kier alpha value is -1.24. The summed E-state index contributed by atoms with van der Waals surface area (Å²) >= 11 is 0. The van der Waals surface area contributed by atoms with Gasteiger partial charge in [0.15, 0.2) is 0 Å². The van der Waals surface area contributed by atoms with Crippen molar-refractivity contribution >= 4 is 0 Å². The molecule has 0 radical (unpaired) electrons. The van der Waals surface area contributed by atoms with Crippen LogP contribution in [0.2, 0.25) is 0 Å². The number of hydrogen-bond donors (Lipinski definition) is 1. The second-order valence-corrected chi connectivity index (χ2v) is 4.99. The molecule has 1 aliphatic rings. The van der Waals surface area contributed by atoms with Crippen molar-refractivity contribution in [3.05, 3.63) is 24.2 Å². The van der Waals surface area contributed by atoms with E-state index >= 15 is 0 Å². The van der Waals surface area contributed by atoms with E-state index in [-0.39, 0.29) is 6.04 Å². The van der Waals surface area contributed by atoms with E-state index < -0.39 is 5.60 Å². The lowest BCUT2D eigenvalue weighted by molar-refractivity contribution is 0.143. The van der Waals surface area contributed by atoms with Crippen molar-refractivity contribution in [2.45, 2.75) is 38.3 Å². The average molecular weight is 233 g/mol. The van der Waals surface area contributed by atoms with Gasteiger partial charge in [0.2, 0.25) is 0 Å². The maximum absolute atomic E-state index is 9.68. The molecule has 0 bridgehead atoms. The Balaban J connectivity index is 2.20. The lowest BCUT2D eigenvalue weighted by Gasteiger charge is -2.21. The summed E-state index contributed by atoms with van der Waals surface area (Å²) in [6.07, 6.45) is 4.09. The van der Waals surface area contributed by atoms with E-state index in [0.717, 1.165) is 18.8 Å². The van der Waals surface area contributed by atoms with Crippen LogP contribution in [0.4, 0.5) is 0 Å². The molecule has 0 aromatic carbocycles. The molecule has 0 spiro atoms. The quantitative estimate of drug-likeness (QED) is 0.795. The molecule has 3 heteroatoms. The summed E-state index contributed by atoms with van der Waals surface area (Å²) in [6.45, 7) is 5.49. The first-order valence-corrected chi connectivity index (χ1v) is 6.09. The molecule has 1 N–H and O–H groups in total. The molecule has 17 heavy (non-hydrogen) atoms. The normalized spacial score (nSPS) is 18.8. The van der Waals surface area contributed by atoms with Crippen molar-refractivity contribution < 1.29 is 9.52 Å². The minimum atomic E-state index is -0.954. The zero-order valence-electron chi connectivity index (χ0n) is 10.4. The zero-order chi connectivity index (χ0) is 12.3.